The first-order valence-corrected chi connectivity index (χ1v) is 8.84. The van der Waals surface area contributed by atoms with Crippen LogP contribution in [0.3, 0.4) is 0 Å². The van der Waals surface area contributed by atoms with Crippen LogP contribution in [0.5, 0.6) is 0 Å². The van der Waals surface area contributed by atoms with Gasteiger partial charge in [0.25, 0.3) is 11.8 Å². The highest BCUT2D eigenvalue weighted by Crippen LogP contribution is 2.12. The lowest BCUT2D eigenvalue weighted by atomic mass is 10.2. The van der Waals surface area contributed by atoms with E-state index in [0.29, 0.717) is 18.1 Å². The monoisotopic (exact) mass is 396 g/mol. The third-order valence-corrected chi connectivity index (χ3v) is 4.18. The molecule has 0 saturated heterocycles. The van der Waals surface area contributed by atoms with E-state index in [1.54, 1.807) is 12.1 Å². The van der Waals surface area contributed by atoms with E-state index in [0.717, 1.165) is 22.6 Å². The van der Waals surface area contributed by atoms with E-state index in [2.05, 4.69) is 10.6 Å². The second kappa shape index (κ2) is 9.99. The molecule has 3 N–H and O–H groups in total. The SMILES string of the molecule is CC[NH+](CC(=O)NCc1ccc(Cl)cc1)CC(=O)Nc1ccc(F)c(F)c1. The summed E-state index contributed by atoms with van der Waals surface area (Å²) in [7, 11) is 0. The van der Waals surface area contributed by atoms with Crippen LogP contribution in [0.25, 0.3) is 0 Å². The first kappa shape index (κ1) is 20.8. The van der Waals surface area contributed by atoms with Crippen LogP contribution >= 0.6 is 11.6 Å². The molecule has 0 bridgehead atoms. The van der Waals surface area contributed by atoms with Crippen LogP contribution in [0.4, 0.5) is 14.5 Å². The number of hydrogen-bond donors (Lipinski definition) is 3. The Hall–Kier alpha value is -2.51. The molecule has 1 unspecified atom stereocenters. The zero-order valence-electron chi connectivity index (χ0n) is 14.8. The summed E-state index contributed by atoms with van der Waals surface area (Å²) in [5, 5.41) is 5.92. The summed E-state index contributed by atoms with van der Waals surface area (Å²) < 4.78 is 26.1. The molecule has 2 amide bonds. The van der Waals surface area contributed by atoms with Crippen molar-refractivity contribution in [2.75, 3.05) is 25.0 Å². The Morgan fingerprint density at radius 2 is 1.67 bits per heavy atom. The van der Waals surface area contributed by atoms with Crippen molar-refractivity contribution in [2.24, 2.45) is 0 Å². The van der Waals surface area contributed by atoms with Gasteiger partial charge in [0.2, 0.25) is 0 Å². The van der Waals surface area contributed by atoms with E-state index < -0.39 is 11.6 Å². The summed E-state index contributed by atoms with van der Waals surface area (Å²) >= 11 is 5.82. The molecule has 0 saturated carbocycles. The lowest BCUT2D eigenvalue weighted by Crippen LogP contribution is -3.13. The van der Waals surface area contributed by atoms with E-state index in [1.165, 1.54) is 6.07 Å². The fourth-order valence-electron chi connectivity index (χ4n) is 2.41. The maximum atomic E-state index is 13.2. The number of carbonyl (C=O) groups excluding carboxylic acids is 2. The van der Waals surface area contributed by atoms with Gasteiger partial charge in [-0.15, -0.1) is 0 Å². The van der Waals surface area contributed by atoms with E-state index in [1.807, 2.05) is 19.1 Å². The standard InChI is InChI=1S/C19H20ClF2N3O2/c1-2-25(11-18(26)23-10-13-3-5-14(20)6-4-13)12-19(27)24-15-7-8-16(21)17(22)9-15/h3-9H,2,10-12H2,1H3,(H,23,26)(H,24,27)/p+1. The van der Waals surface area contributed by atoms with Crippen molar-refractivity contribution in [1.82, 2.24) is 5.32 Å². The zero-order chi connectivity index (χ0) is 19.8. The van der Waals surface area contributed by atoms with Gasteiger partial charge in [0.05, 0.1) is 6.54 Å². The molecule has 0 spiro atoms. The second-order valence-corrected chi connectivity index (χ2v) is 6.47. The fraction of sp³-hybridized carbons (Fsp3) is 0.263. The molecule has 8 heteroatoms. The largest absolute Gasteiger partial charge is 0.347 e. The molecule has 27 heavy (non-hydrogen) atoms. The van der Waals surface area contributed by atoms with Crippen molar-refractivity contribution in [3.05, 3.63) is 64.7 Å². The number of quaternary nitrogens is 1. The molecule has 0 aliphatic rings. The average molecular weight is 397 g/mol. The number of benzene rings is 2. The Balaban J connectivity index is 1.80. The van der Waals surface area contributed by atoms with Gasteiger partial charge in [0.1, 0.15) is 0 Å². The van der Waals surface area contributed by atoms with E-state index >= 15 is 0 Å². The Bertz CT molecular complexity index is 800. The average Bonchev–Trinajstić information content (AvgIpc) is 2.63. The van der Waals surface area contributed by atoms with Crippen LogP contribution in [0, 0.1) is 11.6 Å². The van der Waals surface area contributed by atoms with Crippen LogP contribution < -0.4 is 15.5 Å². The third kappa shape index (κ3) is 6.96. The van der Waals surface area contributed by atoms with Gasteiger partial charge < -0.3 is 15.5 Å². The molecule has 0 radical (unpaired) electrons. The van der Waals surface area contributed by atoms with Gasteiger partial charge in [-0.1, -0.05) is 23.7 Å². The summed E-state index contributed by atoms with van der Waals surface area (Å²) in [6.45, 7) is 2.93. The minimum absolute atomic E-state index is 0.0316. The van der Waals surface area contributed by atoms with Crippen LogP contribution in [-0.4, -0.2) is 31.4 Å². The number of nitrogens with one attached hydrogen (secondary N) is 3. The van der Waals surface area contributed by atoms with Gasteiger partial charge >= 0.3 is 0 Å². The number of hydrogen-bond acceptors (Lipinski definition) is 2. The maximum Gasteiger partial charge on any atom is 0.279 e. The molecular formula is C19H21ClF2N3O2+. The summed E-state index contributed by atoms with van der Waals surface area (Å²) in [6.07, 6.45) is 0. The summed E-state index contributed by atoms with van der Waals surface area (Å²) in [5.74, 6) is -2.59. The van der Waals surface area contributed by atoms with E-state index in [-0.39, 0.29) is 30.6 Å². The Morgan fingerprint density at radius 3 is 2.30 bits per heavy atom. The smallest absolute Gasteiger partial charge is 0.279 e. The number of amides is 2. The molecule has 1 atom stereocenters. The van der Waals surface area contributed by atoms with E-state index in [4.69, 9.17) is 11.6 Å². The number of halogens is 3. The van der Waals surface area contributed by atoms with Crippen LogP contribution in [-0.2, 0) is 16.1 Å². The predicted molar refractivity (Wildman–Crippen MR) is 99.5 cm³/mol. The van der Waals surface area contributed by atoms with Gasteiger partial charge in [-0.25, -0.2) is 8.78 Å². The minimum Gasteiger partial charge on any atom is -0.347 e. The Morgan fingerprint density at radius 1 is 1.00 bits per heavy atom. The first-order valence-electron chi connectivity index (χ1n) is 8.47. The molecule has 0 aromatic heterocycles. The highest BCUT2D eigenvalue weighted by molar-refractivity contribution is 6.30. The quantitative estimate of drug-likeness (QED) is 0.637. The maximum absolute atomic E-state index is 13.2. The van der Waals surface area contributed by atoms with Gasteiger partial charge in [-0.05, 0) is 36.8 Å². The van der Waals surface area contributed by atoms with Crippen molar-refractivity contribution >= 4 is 29.1 Å². The van der Waals surface area contributed by atoms with Crippen molar-refractivity contribution in [2.45, 2.75) is 13.5 Å². The Labute approximate surface area is 161 Å². The minimum atomic E-state index is -1.03. The van der Waals surface area contributed by atoms with Crippen LogP contribution in [0.15, 0.2) is 42.5 Å². The lowest BCUT2D eigenvalue weighted by molar-refractivity contribution is -0.881. The molecule has 5 nitrogen and oxygen atoms in total. The zero-order valence-corrected chi connectivity index (χ0v) is 15.6. The second-order valence-electron chi connectivity index (χ2n) is 6.04. The molecule has 0 fully saturated rings. The topological polar surface area (TPSA) is 62.6 Å². The lowest BCUT2D eigenvalue weighted by Gasteiger charge is -2.17. The van der Waals surface area contributed by atoms with Crippen LogP contribution in [0.1, 0.15) is 12.5 Å². The summed E-state index contributed by atoms with van der Waals surface area (Å²) in [4.78, 5) is 24.9. The molecule has 0 aliphatic carbocycles. The van der Waals surface area contributed by atoms with Gasteiger partial charge in [0, 0.05) is 23.3 Å². The van der Waals surface area contributed by atoms with Crippen LogP contribution in [0.2, 0.25) is 5.02 Å². The van der Waals surface area contributed by atoms with Gasteiger partial charge in [0.15, 0.2) is 24.7 Å². The molecule has 2 rings (SSSR count). The fourth-order valence-corrected chi connectivity index (χ4v) is 2.54. The number of carbonyl (C=O) groups is 2. The van der Waals surface area contributed by atoms with Gasteiger partial charge in [-0.2, -0.15) is 0 Å². The number of anilines is 1. The van der Waals surface area contributed by atoms with Crippen molar-refractivity contribution < 1.29 is 23.3 Å². The Kier molecular flexibility index (Phi) is 7.69. The van der Waals surface area contributed by atoms with Crippen molar-refractivity contribution in [3.8, 4) is 0 Å². The summed E-state index contributed by atoms with van der Waals surface area (Å²) in [6, 6.07) is 10.3. The van der Waals surface area contributed by atoms with Crippen molar-refractivity contribution in [3.63, 3.8) is 0 Å². The molecule has 2 aromatic carbocycles. The number of likely N-dealkylation sites (N-methyl/N-ethyl adjacent to an activating group) is 1. The molecule has 2 aromatic rings. The molecule has 0 aliphatic heterocycles. The molecule has 144 valence electrons. The molecule has 0 heterocycles. The predicted octanol–water partition coefficient (Wildman–Crippen LogP) is 1.78. The van der Waals surface area contributed by atoms with Crippen molar-refractivity contribution in [1.29, 1.82) is 0 Å². The summed E-state index contributed by atoms with van der Waals surface area (Å²) in [5.41, 5.74) is 1.09. The highest BCUT2D eigenvalue weighted by atomic mass is 35.5. The number of rotatable bonds is 8. The normalized spacial score (nSPS) is 11.7. The first-order chi connectivity index (χ1) is 12.9. The molecular weight excluding hydrogens is 376 g/mol. The van der Waals surface area contributed by atoms with Gasteiger partial charge in [-0.3, -0.25) is 9.59 Å². The van der Waals surface area contributed by atoms with E-state index in [9.17, 15) is 18.4 Å². The highest BCUT2D eigenvalue weighted by Gasteiger charge is 2.17. The third-order valence-electron chi connectivity index (χ3n) is 3.93.